The van der Waals surface area contributed by atoms with Gasteiger partial charge in [0.25, 0.3) is 0 Å². The van der Waals surface area contributed by atoms with Gasteiger partial charge in [-0.25, -0.2) is 9.59 Å². The van der Waals surface area contributed by atoms with Gasteiger partial charge < -0.3 is 4.74 Å². The summed E-state index contributed by atoms with van der Waals surface area (Å²) >= 11 is 0. The molecule has 6 rings (SSSR count). The largest absolute Gasteiger partial charge is 0.386 e. The van der Waals surface area contributed by atoms with Crippen molar-refractivity contribution < 1.29 is 14.3 Å². The fourth-order valence-electron chi connectivity index (χ4n) is 5.03. The molecular weight excluding hydrogens is 360 g/mol. The van der Waals surface area contributed by atoms with Crippen LogP contribution in [0.5, 0.6) is 0 Å². The number of ether oxygens (including phenoxy) is 1. The molecule has 0 N–H and O–H groups in total. The molecule has 1 heterocycles. The number of cyclic esters (lactones) is 2. The third-order valence-electron chi connectivity index (χ3n) is 6.40. The molecule has 0 bridgehead atoms. The van der Waals surface area contributed by atoms with E-state index in [1.807, 2.05) is 12.1 Å². The van der Waals surface area contributed by atoms with Gasteiger partial charge in [-0.1, -0.05) is 54.6 Å². The first-order valence-electron chi connectivity index (χ1n) is 10.0. The van der Waals surface area contributed by atoms with Crippen LogP contribution >= 0.6 is 0 Å². The second-order valence-electron chi connectivity index (χ2n) is 7.91. The molecule has 1 atom stereocenters. The number of hydrogen-bond acceptors (Lipinski definition) is 3. The highest BCUT2D eigenvalue weighted by atomic mass is 16.6. The molecule has 3 aliphatic rings. The fourth-order valence-corrected chi connectivity index (χ4v) is 5.03. The third kappa shape index (κ3) is 2.37. The van der Waals surface area contributed by atoms with Crippen molar-refractivity contribution in [2.45, 2.75) is 25.2 Å². The second kappa shape index (κ2) is 6.02. The van der Waals surface area contributed by atoms with Gasteiger partial charge in [-0.2, -0.15) is 0 Å². The smallest absolute Gasteiger partial charge is 0.346 e. The molecule has 0 radical (unpaired) electrons. The lowest BCUT2D eigenvalue weighted by Gasteiger charge is -2.24. The van der Waals surface area contributed by atoms with Crippen LogP contribution in [0.25, 0.3) is 23.3 Å². The predicted molar refractivity (Wildman–Crippen MR) is 111 cm³/mol. The minimum atomic E-state index is -0.545. The fraction of sp³-hybridized carbons (Fsp3) is 0.154. The zero-order valence-electron chi connectivity index (χ0n) is 15.8. The highest BCUT2D eigenvalue weighted by Gasteiger charge is 2.31. The molecule has 3 nitrogen and oxygen atoms in total. The first-order valence-corrected chi connectivity index (χ1v) is 10.0. The molecule has 3 aromatic carbocycles. The molecule has 0 amide bonds. The van der Waals surface area contributed by atoms with Gasteiger partial charge in [0.15, 0.2) is 0 Å². The van der Waals surface area contributed by atoms with Gasteiger partial charge in [-0.3, -0.25) is 0 Å². The first kappa shape index (κ1) is 16.5. The topological polar surface area (TPSA) is 43.4 Å². The van der Waals surface area contributed by atoms with Crippen molar-refractivity contribution >= 4 is 24.1 Å². The lowest BCUT2D eigenvalue weighted by atomic mass is 9.79. The minimum absolute atomic E-state index is 0.208. The van der Waals surface area contributed by atoms with Crippen LogP contribution in [-0.2, 0) is 11.2 Å². The summed E-state index contributed by atoms with van der Waals surface area (Å²) in [6.07, 6.45) is 7.62. The molecule has 1 aliphatic heterocycles. The molecule has 3 aromatic rings. The van der Waals surface area contributed by atoms with Crippen molar-refractivity contribution in [3.63, 3.8) is 0 Å². The van der Waals surface area contributed by atoms with Crippen molar-refractivity contribution in [1.29, 1.82) is 0 Å². The minimum Gasteiger partial charge on any atom is -0.386 e. The summed E-state index contributed by atoms with van der Waals surface area (Å²) in [5, 5.41) is 2.63. The van der Waals surface area contributed by atoms with Crippen LogP contribution in [0.2, 0.25) is 0 Å². The number of carbonyl (C=O) groups is 2. The van der Waals surface area contributed by atoms with E-state index in [1.165, 1.54) is 32.7 Å². The number of benzene rings is 3. The van der Waals surface area contributed by atoms with Crippen LogP contribution in [0.4, 0.5) is 0 Å². The Labute approximate surface area is 168 Å². The molecule has 3 heteroatoms. The van der Waals surface area contributed by atoms with E-state index in [2.05, 4.69) is 48.6 Å². The SMILES string of the molecule is O=C1OC(=O)c2cc(C3CCC=c4c3ccc3c4=CCc4ccccc4-3)ccc21. The van der Waals surface area contributed by atoms with E-state index in [-0.39, 0.29) is 5.92 Å². The van der Waals surface area contributed by atoms with E-state index in [0.29, 0.717) is 11.1 Å². The van der Waals surface area contributed by atoms with Crippen molar-refractivity contribution in [3.05, 3.63) is 92.9 Å². The first-order chi connectivity index (χ1) is 14.2. The molecule has 29 heavy (non-hydrogen) atoms. The van der Waals surface area contributed by atoms with Gasteiger partial charge >= 0.3 is 11.9 Å². The Morgan fingerprint density at radius 3 is 2.52 bits per heavy atom. The molecule has 0 spiro atoms. The molecule has 1 unspecified atom stereocenters. The van der Waals surface area contributed by atoms with Gasteiger partial charge in [0, 0.05) is 5.92 Å². The standard InChI is InChI=1S/C26H18O3/c27-25-23-11-9-16(14-24(23)26(28)29-25)18-6-3-7-19-21(18)13-12-20-17-5-2-1-4-15(17)8-10-22(19)20/h1-2,4-5,7,9-14,18H,3,6,8H2. The number of rotatable bonds is 1. The molecule has 2 aliphatic carbocycles. The van der Waals surface area contributed by atoms with Crippen LogP contribution in [0.15, 0.2) is 54.6 Å². The number of hydrogen-bond donors (Lipinski definition) is 0. The second-order valence-corrected chi connectivity index (χ2v) is 7.91. The summed E-state index contributed by atoms with van der Waals surface area (Å²) in [6, 6.07) is 18.6. The van der Waals surface area contributed by atoms with Crippen LogP contribution in [0.1, 0.15) is 56.2 Å². The van der Waals surface area contributed by atoms with Crippen LogP contribution in [-0.4, -0.2) is 11.9 Å². The third-order valence-corrected chi connectivity index (χ3v) is 6.40. The Hall–Kier alpha value is -3.46. The Balaban J connectivity index is 1.51. The normalized spacial score (nSPS) is 18.6. The highest BCUT2D eigenvalue weighted by Crippen LogP contribution is 2.34. The highest BCUT2D eigenvalue weighted by molar-refractivity contribution is 6.14. The monoisotopic (exact) mass is 378 g/mol. The molecule has 0 saturated carbocycles. The lowest BCUT2D eigenvalue weighted by Crippen LogP contribution is -2.35. The van der Waals surface area contributed by atoms with E-state index in [4.69, 9.17) is 4.74 Å². The molecular formula is C26H18O3. The predicted octanol–water partition coefficient (Wildman–Crippen LogP) is 3.71. The van der Waals surface area contributed by atoms with Crippen molar-refractivity contribution in [3.8, 4) is 11.1 Å². The number of esters is 2. The lowest BCUT2D eigenvalue weighted by molar-refractivity contribution is 0.0443. The number of carbonyl (C=O) groups excluding carboxylic acids is 2. The van der Waals surface area contributed by atoms with Gasteiger partial charge in [-0.05, 0) is 69.6 Å². The summed E-state index contributed by atoms with van der Waals surface area (Å²) in [7, 11) is 0. The van der Waals surface area contributed by atoms with Crippen molar-refractivity contribution in [2.24, 2.45) is 0 Å². The molecule has 0 fully saturated rings. The molecule has 140 valence electrons. The Morgan fingerprint density at radius 2 is 1.59 bits per heavy atom. The van der Waals surface area contributed by atoms with E-state index in [9.17, 15) is 9.59 Å². The Morgan fingerprint density at radius 1 is 0.759 bits per heavy atom. The summed E-state index contributed by atoms with van der Waals surface area (Å²) < 4.78 is 4.76. The van der Waals surface area contributed by atoms with E-state index >= 15 is 0 Å². The van der Waals surface area contributed by atoms with E-state index in [1.54, 1.807) is 6.07 Å². The van der Waals surface area contributed by atoms with Gasteiger partial charge in [-0.15, -0.1) is 0 Å². The molecule has 0 saturated heterocycles. The van der Waals surface area contributed by atoms with E-state index in [0.717, 1.165) is 24.8 Å². The van der Waals surface area contributed by atoms with E-state index < -0.39 is 11.9 Å². The van der Waals surface area contributed by atoms with Gasteiger partial charge in [0.05, 0.1) is 11.1 Å². The van der Waals surface area contributed by atoms with Crippen LogP contribution in [0.3, 0.4) is 0 Å². The number of fused-ring (bicyclic) bond motifs is 6. The Kier molecular flexibility index (Phi) is 3.42. The van der Waals surface area contributed by atoms with Crippen molar-refractivity contribution in [2.75, 3.05) is 0 Å². The maximum Gasteiger partial charge on any atom is 0.346 e. The maximum atomic E-state index is 12.0. The summed E-state index contributed by atoms with van der Waals surface area (Å²) in [4.78, 5) is 23.8. The zero-order chi connectivity index (χ0) is 19.5. The summed E-state index contributed by atoms with van der Waals surface area (Å²) in [6.45, 7) is 0. The molecule has 0 aromatic heterocycles. The van der Waals surface area contributed by atoms with Crippen LogP contribution in [0, 0.1) is 0 Å². The summed E-state index contributed by atoms with van der Waals surface area (Å²) in [5.74, 6) is -0.874. The van der Waals surface area contributed by atoms with Gasteiger partial charge in [0.2, 0.25) is 0 Å². The average molecular weight is 378 g/mol. The Bertz CT molecular complexity index is 1350. The zero-order valence-corrected chi connectivity index (χ0v) is 15.8. The average Bonchev–Trinajstić information content (AvgIpc) is 3.05. The van der Waals surface area contributed by atoms with Crippen LogP contribution < -0.4 is 10.4 Å². The van der Waals surface area contributed by atoms with Crippen molar-refractivity contribution in [1.82, 2.24) is 0 Å². The van der Waals surface area contributed by atoms with Gasteiger partial charge in [0.1, 0.15) is 0 Å². The quantitative estimate of drug-likeness (QED) is 0.479. The summed E-state index contributed by atoms with van der Waals surface area (Å²) in [5.41, 5.74) is 7.12. The maximum absolute atomic E-state index is 12.0.